The molecule has 0 radical (unpaired) electrons. The molecule has 1 aromatic heterocycles. The van der Waals surface area contributed by atoms with Crippen LogP contribution in [0.3, 0.4) is 0 Å². The van der Waals surface area contributed by atoms with Crippen molar-refractivity contribution in [2.45, 2.75) is 6.61 Å². The molecule has 3 rings (SSSR count). The van der Waals surface area contributed by atoms with Crippen molar-refractivity contribution in [2.75, 3.05) is 5.73 Å². The molecule has 5 N–H and O–H groups in total. The quantitative estimate of drug-likeness (QED) is 0.467. The molecule has 0 bridgehead atoms. The summed E-state index contributed by atoms with van der Waals surface area (Å²) >= 11 is 5.95. The summed E-state index contributed by atoms with van der Waals surface area (Å²) in [5.41, 5.74) is 3.22. The van der Waals surface area contributed by atoms with E-state index >= 15 is 0 Å². The van der Waals surface area contributed by atoms with E-state index in [0.717, 1.165) is 0 Å². The topological polar surface area (TPSA) is 143 Å². The molecule has 1 heterocycles. The number of benzene rings is 2. The monoisotopic (exact) mass is 432 g/mol. The largest absolute Gasteiger partial charge is 0.489 e. The van der Waals surface area contributed by atoms with E-state index in [-0.39, 0.29) is 34.1 Å². The Kier molecular flexibility index (Phi) is 5.74. The van der Waals surface area contributed by atoms with Crippen molar-refractivity contribution in [1.29, 1.82) is 0 Å². The van der Waals surface area contributed by atoms with Gasteiger partial charge in [-0.2, -0.15) is 0 Å². The predicted molar refractivity (Wildman–Crippen MR) is 107 cm³/mol. The third-order valence-corrected chi connectivity index (χ3v) is 4.61. The number of ether oxygens (including phenoxy) is 1. The summed E-state index contributed by atoms with van der Waals surface area (Å²) < 4.78 is 19.3. The second-order valence-electron chi connectivity index (χ2n) is 6.12. The standard InChI is InChI=1S/C20H14ClFN2O6/c21-12-2-1-3-13(22)11(12)8-30-10-6-4-9(5-7-10)14-15(19(26)27)17(23)24-18(25)16(14)20(28)29/h1-7H,8H2,(H,26,27)(H,28,29)(H3,23,24,25). The smallest absolute Gasteiger partial charge is 0.342 e. The highest BCUT2D eigenvalue weighted by Crippen LogP contribution is 2.31. The molecule has 0 aliphatic carbocycles. The van der Waals surface area contributed by atoms with Crippen LogP contribution in [0.2, 0.25) is 5.02 Å². The van der Waals surface area contributed by atoms with Gasteiger partial charge in [-0.1, -0.05) is 29.8 Å². The van der Waals surface area contributed by atoms with Crippen LogP contribution in [0.4, 0.5) is 10.2 Å². The summed E-state index contributed by atoms with van der Waals surface area (Å²) in [6.45, 7) is -0.163. The zero-order chi connectivity index (χ0) is 22.0. The van der Waals surface area contributed by atoms with Gasteiger partial charge in [-0.15, -0.1) is 0 Å². The van der Waals surface area contributed by atoms with E-state index in [0.29, 0.717) is 0 Å². The molecule has 8 nitrogen and oxygen atoms in total. The van der Waals surface area contributed by atoms with Gasteiger partial charge in [0.15, 0.2) is 0 Å². The van der Waals surface area contributed by atoms with E-state index < -0.39 is 40.3 Å². The lowest BCUT2D eigenvalue weighted by Crippen LogP contribution is -2.24. The van der Waals surface area contributed by atoms with Gasteiger partial charge in [-0.05, 0) is 29.8 Å². The van der Waals surface area contributed by atoms with E-state index in [4.69, 9.17) is 22.1 Å². The number of nitrogens with one attached hydrogen (secondary N) is 1. The van der Waals surface area contributed by atoms with Gasteiger partial charge in [0, 0.05) is 11.1 Å². The molecule has 0 unspecified atom stereocenters. The van der Waals surface area contributed by atoms with Crippen molar-refractivity contribution in [2.24, 2.45) is 0 Å². The first-order valence-corrected chi connectivity index (χ1v) is 8.77. The van der Waals surface area contributed by atoms with E-state index in [1.54, 1.807) is 0 Å². The average Bonchev–Trinajstić information content (AvgIpc) is 2.66. The van der Waals surface area contributed by atoms with Crippen molar-refractivity contribution in [3.05, 3.63) is 80.3 Å². The second kappa shape index (κ2) is 8.26. The Hall–Kier alpha value is -3.85. The molecule has 0 atom stereocenters. The van der Waals surface area contributed by atoms with Gasteiger partial charge in [-0.25, -0.2) is 14.0 Å². The van der Waals surface area contributed by atoms with Gasteiger partial charge in [0.25, 0.3) is 5.56 Å². The van der Waals surface area contributed by atoms with Crippen LogP contribution in [0, 0.1) is 5.82 Å². The molecule has 10 heteroatoms. The molecule has 0 amide bonds. The number of nitrogens with two attached hydrogens (primary N) is 1. The summed E-state index contributed by atoms with van der Waals surface area (Å²) in [5.74, 6) is -3.83. The number of hydrogen-bond acceptors (Lipinski definition) is 5. The summed E-state index contributed by atoms with van der Waals surface area (Å²) in [5, 5.41) is 19.0. The van der Waals surface area contributed by atoms with Gasteiger partial charge in [-0.3, -0.25) is 4.79 Å². The highest BCUT2D eigenvalue weighted by atomic mass is 35.5. The number of aromatic nitrogens is 1. The molecule has 0 saturated carbocycles. The van der Waals surface area contributed by atoms with E-state index in [1.807, 2.05) is 4.98 Å². The lowest BCUT2D eigenvalue weighted by Gasteiger charge is -2.13. The van der Waals surface area contributed by atoms with Crippen molar-refractivity contribution in [1.82, 2.24) is 4.98 Å². The molecule has 0 spiro atoms. The third-order valence-electron chi connectivity index (χ3n) is 4.26. The number of hydrogen-bond donors (Lipinski definition) is 4. The Morgan fingerprint density at radius 1 is 1.07 bits per heavy atom. The van der Waals surface area contributed by atoms with Crippen LogP contribution >= 0.6 is 11.6 Å². The van der Waals surface area contributed by atoms with E-state index in [9.17, 15) is 29.0 Å². The summed E-state index contributed by atoms with van der Waals surface area (Å²) in [6.07, 6.45) is 0. The number of carbonyl (C=O) groups is 2. The Bertz CT molecular complexity index is 1190. The number of halogens is 2. The van der Waals surface area contributed by atoms with Gasteiger partial charge in [0.2, 0.25) is 0 Å². The van der Waals surface area contributed by atoms with Crippen molar-refractivity contribution in [3.8, 4) is 16.9 Å². The molecule has 0 aliphatic heterocycles. The van der Waals surface area contributed by atoms with Crippen LogP contribution in [-0.4, -0.2) is 27.1 Å². The number of rotatable bonds is 6. The zero-order valence-electron chi connectivity index (χ0n) is 15.1. The number of nitrogen functional groups attached to an aromatic ring is 1. The molecule has 0 aliphatic rings. The highest BCUT2D eigenvalue weighted by molar-refractivity contribution is 6.31. The SMILES string of the molecule is Nc1[nH]c(=O)c(C(=O)O)c(-c2ccc(OCc3c(F)cccc3Cl)cc2)c1C(=O)O. The first-order chi connectivity index (χ1) is 14.2. The number of aromatic amines is 1. The molecule has 154 valence electrons. The lowest BCUT2D eigenvalue weighted by molar-refractivity contribution is 0.0695. The normalized spacial score (nSPS) is 10.6. The number of H-pyrrole nitrogens is 1. The fraction of sp³-hybridized carbons (Fsp3) is 0.0500. The van der Waals surface area contributed by atoms with E-state index in [1.165, 1.54) is 42.5 Å². The Balaban J connectivity index is 2.00. The first-order valence-electron chi connectivity index (χ1n) is 8.39. The molecule has 3 aromatic rings. The van der Waals surface area contributed by atoms with Crippen LogP contribution in [0.1, 0.15) is 26.3 Å². The van der Waals surface area contributed by atoms with E-state index in [2.05, 4.69) is 0 Å². The van der Waals surface area contributed by atoms with Gasteiger partial charge < -0.3 is 25.7 Å². The maximum absolute atomic E-state index is 13.8. The fourth-order valence-corrected chi connectivity index (χ4v) is 3.10. The molecular formula is C20H14ClFN2O6. The van der Waals surface area contributed by atoms with Gasteiger partial charge in [0.05, 0.1) is 5.02 Å². The minimum absolute atomic E-state index is 0.124. The van der Waals surface area contributed by atoms with Crippen molar-refractivity contribution < 1.29 is 28.9 Å². The van der Waals surface area contributed by atoms with Crippen LogP contribution in [0.25, 0.3) is 11.1 Å². The summed E-state index contributed by atoms with van der Waals surface area (Å²) in [4.78, 5) is 37.3. The molecule has 30 heavy (non-hydrogen) atoms. The second-order valence-corrected chi connectivity index (χ2v) is 6.52. The Morgan fingerprint density at radius 3 is 2.27 bits per heavy atom. The number of anilines is 1. The summed E-state index contributed by atoms with van der Waals surface area (Å²) in [6, 6.07) is 9.79. The van der Waals surface area contributed by atoms with Crippen molar-refractivity contribution in [3.63, 3.8) is 0 Å². The summed E-state index contributed by atoms with van der Waals surface area (Å²) in [7, 11) is 0. The number of pyridine rings is 1. The van der Waals surface area contributed by atoms with Gasteiger partial charge in [0.1, 0.15) is 35.1 Å². The number of aromatic carboxylic acids is 2. The minimum Gasteiger partial charge on any atom is -0.489 e. The lowest BCUT2D eigenvalue weighted by atomic mass is 9.95. The van der Waals surface area contributed by atoms with Gasteiger partial charge >= 0.3 is 11.9 Å². The predicted octanol–water partition coefficient (Wildman–Crippen LogP) is 3.39. The van der Waals surface area contributed by atoms with Crippen LogP contribution < -0.4 is 16.0 Å². The zero-order valence-corrected chi connectivity index (χ0v) is 15.9. The molecular weight excluding hydrogens is 419 g/mol. The van der Waals surface area contributed by atoms with Crippen LogP contribution in [0.15, 0.2) is 47.3 Å². The maximum Gasteiger partial charge on any atom is 0.342 e. The Morgan fingerprint density at radius 2 is 1.70 bits per heavy atom. The average molecular weight is 433 g/mol. The Labute approximate surface area is 173 Å². The fourth-order valence-electron chi connectivity index (χ4n) is 2.88. The van der Waals surface area contributed by atoms with Crippen molar-refractivity contribution >= 4 is 29.4 Å². The van der Waals surface area contributed by atoms with Crippen LogP contribution in [-0.2, 0) is 6.61 Å². The number of carboxylic acids is 2. The number of carboxylic acid groups (broad SMARTS) is 2. The maximum atomic E-state index is 13.8. The first kappa shape index (κ1) is 20.9. The third kappa shape index (κ3) is 3.96. The molecule has 0 fully saturated rings. The minimum atomic E-state index is -1.61. The molecule has 0 saturated heterocycles. The highest BCUT2D eigenvalue weighted by Gasteiger charge is 2.26. The van der Waals surface area contributed by atoms with Crippen LogP contribution in [0.5, 0.6) is 5.75 Å². The molecule has 2 aromatic carbocycles.